The molecule has 1 saturated carbocycles. The number of carbonyl (C=O) groups excluding carboxylic acids is 1. The number of hydrogen-bond donors (Lipinski definition) is 2. The highest BCUT2D eigenvalue weighted by Crippen LogP contribution is 2.26. The van der Waals surface area contributed by atoms with Crippen molar-refractivity contribution in [3.8, 4) is 0 Å². The van der Waals surface area contributed by atoms with Gasteiger partial charge in [-0.3, -0.25) is 4.79 Å². The van der Waals surface area contributed by atoms with E-state index >= 15 is 0 Å². The molecule has 0 aliphatic heterocycles. The van der Waals surface area contributed by atoms with Gasteiger partial charge in [-0.05, 0) is 30.5 Å². The lowest BCUT2D eigenvalue weighted by atomic mass is 9.82. The Labute approximate surface area is 113 Å². The molecule has 0 saturated heterocycles. The summed E-state index contributed by atoms with van der Waals surface area (Å²) in [6, 6.07) is 7.49. The van der Waals surface area contributed by atoms with Crippen LogP contribution in [0.25, 0.3) is 0 Å². The van der Waals surface area contributed by atoms with Crippen LogP contribution in [0.3, 0.4) is 0 Å². The summed E-state index contributed by atoms with van der Waals surface area (Å²) in [6.45, 7) is 0.484. The van der Waals surface area contributed by atoms with Gasteiger partial charge in [0.1, 0.15) is 0 Å². The first-order valence-corrected chi connectivity index (χ1v) is 6.80. The van der Waals surface area contributed by atoms with E-state index in [4.69, 9.17) is 17.3 Å². The van der Waals surface area contributed by atoms with Crippen molar-refractivity contribution in [2.45, 2.75) is 44.2 Å². The fourth-order valence-electron chi connectivity index (χ4n) is 2.42. The molecule has 3 N–H and O–H groups in total. The number of nitrogens with two attached hydrogens (primary N) is 1. The number of hydrogen-bond acceptors (Lipinski definition) is 2. The van der Waals surface area contributed by atoms with Crippen molar-refractivity contribution in [3.63, 3.8) is 0 Å². The van der Waals surface area contributed by atoms with Gasteiger partial charge in [-0.15, -0.1) is 0 Å². The number of benzene rings is 1. The molecule has 0 radical (unpaired) electrons. The maximum absolute atomic E-state index is 12.1. The third-order valence-corrected chi connectivity index (χ3v) is 3.78. The molecule has 1 aromatic carbocycles. The molecule has 0 aromatic heterocycles. The van der Waals surface area contributed by atoms with Crippen LogP contribution in [0.5, 0.6) is 0 Å². The molecule has 0 unspecified atom stereocenters. The number of amides is 1. The van der Waals surface area contributed by atoms with E-state index in [1.165, 1.54) is 6.42 Å². The van der Waals surface area contributed by atoms with Crippen LogP contribution in [0.4, 0.5) is 0 Å². The Bertz CT molecular complexity index is 428. The van der Waals surface area contributed by atoms with E-state index in [2.05, 4.69) is 5.32 Å². The topological polar surface area (TPSA) is 55.1 Å². The van der Waals surface area contributed by atoms with Gasteiger partial charge in [0.05, 0.1) is 5.54 Å². The van der Waals surface area contributed by atoms with E-state index in [0.29, 0.717) is 11.6 Å². The molecule has 0 heterocycles. The Hall–Kier alpha value is -1.06. The number of carbonyl (C=O) groups is 1. The van der Waals surface area contributed by atoms with Crippen molar-refractivity contribution in [1.82, 2.24) is 5.32 Å². The zero-order valence-electron chi connectivity index (χ0n) is 10.4. The molecule has 1 aliphatic rings. The highest BCUT2D eigenvalue weighted by atomic mass is 35.5. The van der Waals surface area contributed by atoms with Crippen LogP contribution in [0, 0.1) is 0 Å². The van der Waals surface area contributed by atoms with Crippen molar-refractivity contribution < 1.29 is 4.79 Å². The molecule has 1 fully saturated rings. The minimum absolute atomic E-state index is 0.0397. The molecule has 3 nitrogen and oxygen atoms in total. The van der Waals surface area contributed by atoms with E-state index in [1.54, 1.807) is 0 Å². The Morgan fingerprint density at radius 1 is 1.33 bits per heavy atom. The van der Waals surface area contributed by atoms with Crippen molar-refractivity contribution in [3.05, 3.63) is 34.9 Å². The summed E-state index contributed by atoms with van der Waals surface area (Å²) in [5, 5.41) is 3.60. The molecule has 18 heavy (non-hydrogen) atoms. The standard InChI is InChI=1S/C14H19ClN2O/c15-12-6-4-5-11(9-12)10-17-13(18)14(16)7-2-1-3-8-14/h4-6,9H,1-3,7-8,10,16H2,(H,17,18). The van der Waals surface area contributed by atoms with Crippen molar-refractivity contribution >= 4 is 17.5 Å². The highest BCUT2D eigenvalue weighted by Gasteiger charge is 2.34. The summed E-state index contributed by atoms with van der Waals surface area (Å²) >= 11 is 5.90. The average Bonchev–Trinajstić information content (AvgIpc) is 2.37. The van der Waals surface area contributed by atoms with E-state index in [9.17, 15) is 4.79 Å². The predicted octanol–water partition coefficient (Wildman–Crippen LogP) is 2.62. The summed E-state index contributed by atoms with van der Waals surface area (Å²) in [7, 11) is 0. The maximum atomic E-state index is 12.1. The van der Waals surface area contributed by atoms with E-state index in [0.717, 1.165) is 31.2 Å². The second-order valence-electron chi connectivity index (χ2n) is 5.03. The van der Waals surface area contributed by atoms with Gasteiger partial charge >= 0.3 is 0 Å². The minimum Gasteiger partial charge on any atom is -0.350 e. The molecule has 0 atom stereocenters. The predicted molar refractivity (Wildman–Crippen MR) is 73.3 cm³/mol. The van der Waals surface area contributed by atoms with Gasteiger partial charge in [-0.25, -0.2) is 0 Å². The van der Waals surface area contributed by atoms with Gasteiger partial charge in [0, 0.05) is 11.6 Å². The first kappa shape index (κ1) is 13.4. The fraction of sp³-hybridized carbons (Fsp3) is 0.500. The third kappa shape index (κ3) is 3.24. The summed E-state index contributed by atoms with van der Waals surface area (Å²) in [4.78, 5) is 12.1. The van der Waals surface area contributed by atoms with Crippen LogP contribution in [0.15, 0.2) is 24.3 Å². The van der Waals surface area contributed by atoms with Crippen LogP contribution < -0.4 is 11.1 Å². The Morgan fingerprint density at radius 3 is 2.72 bits per heavy atom. The number of nitrogens with one attached hydrogen (secondary N) is 1. The lowest BCUT2D eigenvalue weighted by molar-refractivity contribution is -0.127. The Balaban J connectivity index is 1.91. The molecular formula is C14H19ClN2O. The zero-order chi connectivity index (χ0) is 13.0. The number of halogens is 1. The summed E-state index contributed by atoms with van der Waals surface area (Å²) < 4.78 is 0. The van der Waals surface area contributed by atoms with Crippen molar-refractivity contribution in [2.24, 2.45) is 5.73 Å². The Morgan fingerprint density at radius 2 is 2.06 bits per heavy atom. The largest absolute Gasteiger partial charge is 0.350 e. The van der Waals surface area contributed by atoms with Crippen molar-refractivity contribution in [1.29, 1.82) is 0 Å². The van der Waals surface area contributed by atoms with Gasteiger partial charge in [0.25, 0.3) is 0 Å². The lowest BCUT2D eigenvalue weighted by Gasteiger charge is -2.31. The van der Waals surface area contributed by atoms with E-state index in [1.807, 2.05) is 24.3 Å². The lowest BCUT2D eigenvalue weighted by Crippen LogP contribution is -2.54. The van der Waals surface area contributed by atoms with E-state index in [-0.39, 0.29) is 5.91 Å². The molecule has 4 heteroatoms. The van der Waals surface area contributed by atoms with Crippen LogP contribution in [-0.2, 0) is 11.3 Å². The molecule has 0 bridgehead atoms. The van der Waals surface area contributed by atoms with Gasteiger partial charge in [-0.1, -0.05) is 43.0 Å². The zero-order valence-corrected chi connectivity index (χ0v) is 11.2. The van der Waals surface area contributed by atoms with Gasteiger partial charge in [0.15, 0.2) is 0 Å². The first-order chi connectivity index (χ1) is 8.60. The molecular weight excluding hydrogens is 248 g/mol. The smallest absolute Gasteiger partial charge is 0.240 e. The average molecular weight is 267 g/mol. The van der Waals surface area contributed by atoms with Crippen molar-refractivity contribution in [2.75, 3.05) is 0 Å². The molecule has 1 aromatic rings. The summed E-state index contributed by atoms with van der Waals surface area (Å²) in [6.07, 6.45) is 4.84. The van der Waals surface area contributed by atoms with Gasteiger partial charge < -0.3 is 11.1 Å². The first-order valence-electron chi connectivity index (χ1n) is 6.42. The molecule has 98 valence electrons. The molecule has 1 amide bonds. The Kier molecular flexibility index (Phi) is 4.25. The minimum atomic E-state index is -0.670. The third-order valence-electron chi connectivity index (χ3n) is 3.54. The fourth-order valence-corrected chi connectivity index (χ4v) is 2.63. The number of rotatable bonds is 3. The van der Waals surface area contributed by atoms with Crippen LogP contribution in [-0.4, -0.2) is 11.4 Å². The second-order valence-corrected chi connectivity index (χ2v) is 5.47. The van der Waals surface area contributed by atoms with Gasteiger partial charge in [0.2, 0.25) is 5.91 Å². The highest BCUT2D eigenvalue weighted by molar-refractivity contribution is 6.30. The maximum Gasteiger partial charge on any atom is 0.240 e. The summed E-state index contributed by atoms with van der Waals surface area (Å²) in [5.74, 6) is -0.0397. The van der Waals surface area contributed by atoms with E-state index < -0.39 is 5.54 Å². The molecule has 0 spiro atoms. The van der Waals surface area contributed by atoms with Crippen LogP contribution >= 0.6 is 11.6 Å². The SMILES string of the molecule is NC1(C(=O)NCc2cccc(Cl)c2)CCCCC1. The normalized spacial score (nSPS) is 18.3. The molecule has 2 rings (SSSR count). The summed E-state index contributed by atoms with van der Waals surface area (Å²) in [5.41, 5.74) is 6.48. The molecule has 1 aliphatic carbocycles. The monoisotopic (exact) mass is 266 g/mol. The second kappa shape index (κ2) is 5.72. The quantitative estimate of drug-likeness (QED) is 0.884. The van der Waals surface area contributed by atoms with Crippen LogP contribution in [0.1, 0.15) is 37.7 Å². The van der Waals surface area contributed by atoms with Gasteiger partial charge in [-0.2, -0.15) is 0 Å². The van der Waals surface area contributed by atoms with Crippen LogP contribution in [0.2, 0.25) is 5.02 Å².